The fourth-order valence-electron chi connectivity index (χ4n) is 0.569. The number of hydrogen-bond acceptors (Lipinski definition) is 2. The topological polar surface area (TPSA) is 38.0 Å². The van der Waals surface area contributed by atoms with Crippen LogP contribution in [-0.2, 0) is 0 Å². The van der Waals surface area contributed by atoms with E-state index in [4.69, 9.17) is 5.73 Å². The minimum Gasteiger partial charge on any atom is -0.404 e. The van der Waals surface area contributed by atoms with E-state index in [2.05, 4.69) is 11.9 Å². The SMILES string of the molecule is C=C/C=C\C(=C/N)CNC. The summed E-state index contributed by atoms with van der Waals surface area (Å²) in [6, 6.07) is 0. The molecule has 0 radical (unpaired) electrons. The Morgan fingerprint density at radius 2 is 2.40 bits per heavy atom. The first-order valence-corrected chi connectivity index (χ1v) is 3.19. The van der Waals surface area contributed by atoms with Crippen LogP contribution in [0.4, 0.5) is 0 Å². The van der Waals surface area contributed by atoms with E-state index < -0.39 is 0 Å². The Bertz CT molecular complexity index is 145. The molecule has 0 rings (SSSR count). The molecular weight excluding hydrogens is 124 g/mol. The van der Waals surface area contributed by atoms with Crippen molar-refractivity contribution in [3.8, 4) is 0 Å². The lowest BCUT2D eigenvalue weighted by Crippen LogP contribution is -2.10. The van der Waals surface area contributed by atoms with Crippen LogP contribution in [0.2, 0.25) is 0 Å². The Morgan fingerprint density at radius 1 is 1.70 bits per heavy atom. The van der Waals surface area contributed by atoms with Crippen LogP contribution in [0.3, 0.4) is 0 Å². The molecule has 0 amide bonds. The molecule has 2 nitrogen and oxygen atoms in total. The van der Waals surface area contributed by atoms with E-state index in [1.807, 2.05) is 19.2 Å². The zero-order valence-electron chi connectivity index (χ0n) is 6.30. The molecule has 0 spiro atoms. The smallest absolute Gasteiger partial charge is 0.0216 e. The van der Waals surface area contributed by atoms with E-state index >= 15 is 0 Å². The molecule has 0 saturated heterocycles. The molecule has 0 atom stereocenters. The van der Waals surface area contributed by atoms with Crippen molar-refractivity contribution in [3.05, 3.63) is 36.6 Å². The largest absolute Gasteiger partial charge is 0.404 e. The van der Waals surface area contributed by atoms with Gasteiger partial charge in [0.15, 0.2) is 0 Å². The molecule has 0 aromatic rings. The summed E-state index contributed by atoms with van der Waals surface area (Å²) in [6.45, 7) is 4.34. The van der Waals surface area contributed by atoms with Crippen LogP contribution in [0.25, 0.3) is 0 Å². The summed E-state index contributed by atoms with van der Waals surface area (Å²) in [7, 11) is 1.88. The van der Waals surface area contributed by atoms with E-state index in [-0.39, 0.29) is 0 Å². The molecule has 0 aromatic heterocycles. The fourth-order valence-corrected chi connectivity index (χ4v) is 0.569. The van der Waals surface area contributed by atoms with Crippen LogP contribution in [-0.4, -0.2) is 13.6 Å². The summed E-state index contributed by atoms with van der Waals surface area (Å²) in [4.78, 5) is 0. The van der Waals surface area contributed by atoms with Gasteiger partial charge in [0.25, 0.3) is 0 Å². The molecule has 0 unspecified atom stereocenters. The lowest BCUT2D eigenvalue weighted by Gasteiger charge is -1.96. The fraction of sp³-hybridized carbons (Fsp3) is 0.250. The molecule has 0 aromatic carbocycles. The van der Waals surface area contributed by atoms with Crippen LogP contribution in [0.5, 0.6) is 0 Å². The molecular formula is C8H14N2. The standard InChI is InChI=1S/C8H14N2/c1-3-4-5-8(6-9)7-10-2/h3-6,10H,1,7,9H2,2H3/b5-4-,8-6+. The van der Waals surface area contributed by atoms with E-state index in [0.29, 0.717) is 0 Å². The van der Waals surface area contributed by atoms with Crippen LogP contribution >= 0.6 is 0 Å². The summed E-state index contributed by atoms with van der Waals surface area (Å²) < 4.78 is 0. The van der Waals surface area contributed by atoms with Crippen molar-refractivity contribution in [2.75, 3.05) is 13.6 Å². The van der Waals surface area contributed by atoms with Crippen molar-refractivity contribution in [3.63, 3.8) is 0 Å². The van der Waals surface area contributed by atoms with Crippen molar-refractivity contribution in [2.45, 2.75) is 0 Å². The van der Waals surface area contributed by atoms with Gasteiger partial charge in [-0.2, -0.15) is 0 Å². The van der Waals surface area contributed by atoms with Gasteiger partial charge in [-0.3, -0.25) is 0 Å². The van der Waals surface area contributed by atoms with Gasteiger partial charge < -0.3 is 11.1 Å². The first-order chi connectivity index (χ1) is 4.85. The summed E-state index contributed by atoms with van der Waals surface area (Å²) in [5, 5.41) is 2.99. The minimum absolute atomic E-state index is 0.792. The van der Waals surface area contributed by atoms with Gasteiger partial charge in [-0.05, 0) is 18.8 Å². The highest BCUT2D eigenvalue weighted by Crippen LogP contribution is 1.91. The maximum atomic E-state index is 5.31. The quantitative estimate of drug-likeness (QED) is 0.564. The second-order valence-corrected chi connectivity index (χ2v) is 1.87. The Labute approximate surface area is 62.1 Å². The normalized spacial score (nSPS) is 12.3. The number of nitrogens with one attached hydrogen (secondary N) is 1. The maximum Gasteiger partial charge on any atom is 0.0216 e. The number of hydrogen-bond donors (Lipinski definition) is 2. The zero-order valence-corrected chi connectivity index (χ0v) is 6.30. The first-order valence-electron chi connectivity index (χ1n) is 3.19. The highest BCUT2D eigenvalue weighted by atomic mass is 14.8. The third-order valence-electron chi connectivity index (χ3n) is 1.04. The summed E-state index contributed by atoms with van der Waals surface area (Å²) in [5.41, 5.74) is 6.37. The maximum absolute atomic E-state index is 5.31. The lowest BCUT2D eigenvalue weighted by molar-refractivity contribution is 0.893. The molecule has 0 bridgehead atoms. The molecule has 0 heterocycles. The molecule has 0 aliphatic carbocycles. The monoisotopic (exact) mass is 138 g/mol. The van der Waals surface area contributed by atoms with Gasteiger partial charge >= 0.3 is 0 Å². The molecule has 0 aliphatic heterocycles. The van der Waals surface area contributed by atoms with Gasteiger partial charge in [0.2, 0.25) is 0 Å². The van der Waals surface area contributed by atoms with Gasteiger partial charge in [-0.25, -0.2) is 0 Å². The van der Waals surface area contributed by atoms with Gasteiger partial charge in [0, 0.05) is 6.54 Å². The van der Waals surface area contributed by atoms with E-state index in [0.717, 1.165) is 12.1 Å². The molecule has 2 heteroatoms. The average molecular weight is 138 g/mol. The van der Waals surface area contributed by atoms with Crippen molar-refractivity contribution in [1.29, 1.82) is 0 Å². The van der Waals surface area contributed by atoms with Crippen LogP contribution in [0.1, 0.15) is 0 Å². The predicted octanol–water partition coefficient (Wildman–Crippen LogP) is 0.791. The molecule has 0 fully saturated rings. The van der Waals surface area contributed by atoms with Crippen LogP contribution < -0.4 is 11.1 Å². The Kier molecular flexibility index (Phi) is 5.48. The zero-order chi connectivity index (χ0) is 7.82. The second-order valence-electron chi connectivity index (χ2n) is 1.87. The number of rotatable bonds is 4. The van der Waals surface area contributed by atoms with Crippen LogP contribution in [0, 0.1) is 0 Å². The number of likely N-dealkylation sites (N-methyl/N-ethyl adjacent to an activating group) is 1. The Balaban J connectivity index is 3.84. The van der Waals surface area contributed by atoms with E-state index in [9.17, 15) is 0 Å². The van der Waals surface area contributed by atoms with Crippen LogP contribution in [0.15, 0.2) is 36.6 Å². The summed E-state index contributed by atoms with van der Waals surface area (Å²) in [5.74, 6) is 0. The molecule has 0 saturated carbocycles. The third kappa shape index (κ3) is 3.92. The minimum atomic E-state index is 0.792. The Morgan fingerprint density at radius 3 is 2.80 bits per heavy atom. The Hall–Kier alpha value is -1.02. The van der Waals surface area contributed by atoms with Gasteiger partial charge in [-0.1, -0.05) is 24.8 Å². The molecule has 10 heavy (non-hydrogen) atoms. The van der Waals surface area contributed by atoms with Gasteiger partial charge in [0.1, 0.15) is 0 Å². The van der Waals surface area contributed by atoms with Crippen molar-refractivity contribution in [2.24, 2.45) is 5.73 Å². The second kappa shape index (κ2) is 6.11. The summed E-state index contributed by atoms with van der Waals surface area (Å²) in [6.07, 6.45) is 7.08. The van der Waals surface area contributed by atoms with E-state index in [1.54, 1.807) is 12.3 Å². The van der Waals surface area contributed by atoms with Crippen molar-refractivity contribution in [1.82, 2.24) is 5.32 Å². The van der Waals surface area contributed by atoms with Crippen molar-refractivity contribution >= 4 is 0 Å². The van der Waals surface area contributed by atoms with Crippen molar-refractivity contribution < 1.29 is 0 Å². The lowest BCUT2D eigenvalue weighted by atomic mass is 10.2. The molecule has 3 N–H and O–H groups in total. The summed E-state index contributed by atoms with van der Waals surface area (Å²) >= 11 is 0. The number of nitrogens with two attached hydrogens (primary N) is 1. The van der Waals surface area contributed by atoms with E-state index in [1.165, 1.54) is 0 Å². The molecule has 0 aliphatic rings. The van der Waals surface area contributed by atoms with Gasteiger partial charge in [-0.15, -0.1) is 0 Å². The first kappa shape index (κ1) is 8.98. The molecule has 56 valence electrons. The van der Waals surface area contributed by atoms with Gasteiger partial charge in [0.05, 0.1) is 0 Å². The third-order valence-corrected chi connectivity index (χ3v) is 1.04. The average Bonchev–Trinajstić information content (AvgIpc) is 1.98. The highest BCUT2D eigenvalue weighted by molar-refractivity contribution is 5.21. The predicted molar refractivity (Wildman–Crippen MR) is 45.5 cm³/mol. The number of allylic oxidation sites excluding steroid dienone is 2. The highest BCUT2D eigenvalue weighted by Gasteiger charge is 1.84.